The van der Waals surface area contributed by atoms with Crippen molar-refractivity contribution in [2.45, 2.75) is 18.7 Å². The van der Waals surface area contributed by atoms with Crippen LogP contribution in [0.25, 0.3) is 0 Å². The third-order valence-corrected chi connectivity index (χ3v) is 3.93. The number of nitrogens with two attached hydrogens (primary N) is 1. The minimum absolute atomic E-state index is 0.274. The van der Waals surface area contributed by atoms with E-state index < -0.39 is 28.0 Å². The maximum absolute atomic E-state index is 11.1. The number of guanidine groups is 1. The zero-order chi connectivity index (χ0) is 17.0. The van der Waals surface area contributed by atoms with E-state index in [9.17, 15) is 13.2 Å². The Bertz CT molecular complexity index is 506. The number of rotatable bonds is 2. The fraction of sp³-hybridized carbons (Fsp3) is 0.800. The molecule has 1 aliphatic rings. The Labute approximate surface area is 124 Å². The molecular weight excluding hydrogens is 302 g/mol. The number of aliphatic imine (C=N–C) groups is 1. The van der Waals surface area contributed by atoms with Gasteiger partial charge < -0.3 is 15.0 Å². The van der Waals surface area contributed by atoms with Gasteiger partial charge in [0.15, 0.2) is 5.96 Å². The first-order valence-corrected chi connectivity index (χ1v) is 7.34. The van der Waals surface area contributed by atoms with E-state index in [0.29, 0.717) is 0 Å². The average molecular weight is 325 g/mol. The Morgan fingerprint density at radius 2 is 2.05 bits per heavy atom. The molecule has 1 saturated heterocycles. The topological polar surface area (TPSA) is 138 Å². The van der Waals surface area contributed by atoms with Crippen LogP contribution in [0.5, 0.6) is 0 Å². The first kappa shape index (κ1) is 19.6. The second-order valence-electron chi connectivity index (χ2n) is 4.44. The van der Waals surface area contributed by atoms with Gasteiger partial charge in [0, 0.05) is 35.3 Å². The number of carbonyl (C=O) groups is 1. The number of hydrogen-bond donors (Lipinski definition) is 3. The molecule has 0 aromatic rings. The summed E-state index contributed by atoms with van der Waals surface area (Å²) in [6, 6.07) is -0.903. The highest BCUT2D eigenvalue weighted by molar-refractivity contribution is 7.84. The van der Waals surface area contributed by atoms with Gasteiger partial charge in [-0.15, -0.1) is 0 Å². The van der Waals surface area contributed by atoms with E-state index in [1.165, 1.54) is 14.0 Å². The number of β-lactam (4-membered cyclic amide) rings is 1. The zero-order valence-corrected chi connectivity index (χ0v) is 13.8. The lowest BCUT2D eigenvalue weighted by Gasteiger charge is -2.48. The highest BCUT2D eigenvalue weighted by atomic mass is 32.2. The van der Waals surface area contributed by atoms with Crippen LogP contribution in [0.15, 0.2) is 4.99 Å². The van der Waals surface area contributed by atoms with Gasteiger partial charge >= 0.3 is 10.3 Å². The lowest BCUT2D eigenvalue weighted by molar-refractivity contribution is -0.181. The van der Waals surface area contributed by atoms with E-state index in [2.05, 4.69) is 15.0 Å². The van der Waals surface area contributed by atoms with Gasteiger partial charge in [-0.3, -0.25) is 20.1 Å². The molecule has 0 aliphatic carbocycles. The van der Waals surface area contributed by atoms with E-state index in [4.69, 9.17) is 10.3 Å². The third kappa shape index (κ3) is 4.03. The van der Waals surface area contributed by atoms with Crippen LogP contribution < -0.4 is 11.1 Å². The molecule has 1 fully saturated rings. The molecule has 0 bridgehead atoms. The number of methoxy groups -OCH3 is 1. The molecule has 11 heteroatoms. The van der Waals surface area contributed by atoms with Crippen LogP contribution in [0, 0.1) is 0 Å². The summed E-state index contributed by atoms with van der Waals surface area (Å²) in [5.41, 5.74) is 3.74. The molecule has 21 heavy (non-hydrogen) atoms. The van der Waals surface area contributed by atoms with E-state index in [1.54, 1.807) is 7.05 Å². The molecule has 2 unspecified atom stereocenters. The number of nitrogens with one attached hydrogen (secondary N) is 1. The van der Waals surface area contributed by atoms with Crippen molar-refractivity contribution >= 4 is 22.2 Å². The van der Waals surface area contributed by atoms with Crippen LogP contribution in [0.2, 0.25) is 0 Å². The standard InChI is InChI=1S/C5H13N3.C5H10N2O5S/c1-6-5(7-2)8(3)4;1-3-5(6,12-2)4(8)7(3)13(9,10)11/h1-4H3,(H,6,7);3H,6H2,1-2H3,(H,9,10,11). The maximum atomic E-state index is 11.1. The quantitative estimate of drug-likeness (QED) is 0.175. The number of amides is 1. The van der Waals surface area contributed by atoms with E-state index in [-0.39, 0.29) is 4.31 Å². The normalized spacial score (nSPS) is 25.7. The summed E-state index contributed by atoms with van der Waals surface area (Å²) in [4.78, 5) is 17.0. The van der Waals surface area contributed by atoms with Gasteiger partial charge in [-0.2, -0.15) is 8.42 Å². The Kier molecular flexibility index (Phi) is 6.54. The van der Waals surface area contributed by atoms with Crippen LogP contribution in [-0.4, -0.2) is 81.1 Å². The second kappa shape index (κ2) is 7.02. The van der Waals surface area contributed by atoms with E-state index >= 15 is 0 Å². The molecular formula is C10H23N5O5S. The summed E-state index contributed by atoms with van der Waals surface area (Å²) in [6.45, 7) is 1.36. The van der Waals surface area contributed by atoms with Crippen LogP contribution in [-0.2, 0) is 19.8 Å². The summed E-state index contributed by atoms with van der Waals surface area (Å²) in [5.74, 6) is -0.0741. The fourth-order valence-corrected chi connectivity index (χ4v) is 2.64. The van der Waals surface area contributed by atoms with E-state index in [1.807, 2.05) is 26.0 Å². The molecule has 124 valence electrons. The Morgan fingerprint density at radius 1 is 1.57 bits per heavy atom. The summed E-state index contributed by atoms with van der Waals surface area (Å²) in [7, 11) is 4.16. The predicted molar refractivity (Wildman–Crippen MR) is 77.9 cm³/mol. The molecule has 0 aromatic heterocycles. The lowest BCUT2D eigenvalue weighted by Crippen LogP contribution is -2.79. The number of nitrogens with zero attached hydrogens (tertiary/aromatic N) is 3. The molecule has 1 amide bonds. The monoisotopic (exact) mass is 325 g/mol. The second-order valence-corrected chi connectivity index (χ2v) is 5.73. The van der Waals surface area contributed by atoms with Crippen LogP contribution in [0.3, 0.4) is 0 Å². The summed E-state index contributed by atoms with van der Waals surface area (Å²) in [6.07, 6.45) is 0. The molecule has 1 aliphatic heterocycles. The summed E-state index contributed by atoms with van der Waals surface area (Å²) < 4.78 is 34.7. The molecule has 1 rings (SSSR count). The molecule has 0 aromatic carbocycles. The largest absolute Gasteiger partial charge is 0.362 e. The van der Waals surface area contributed by atoms with Crippen molar-refractivity contribution in [3.05, 3.63) is 0 Å². The Balaban J connectivity index is 0.000000433. The van der Waals surface area contributed by atoms with Crippen molar-refractivity contribution in [3.63, 3.8) is 0 Å². The molecule has 0 radical (unpaired) electrons. The lowest BCUT2D eigenvalue weighted by atomic mass is 9.97. The minimum atomic E-state index is -4.52. The van der Waals surface area contributed by atoms with Gasteiger partial charge in [-0.05, 0) is 6.92 Å². The molecule has 0 saturated carbocycles. The van der Waals surface area contributed by atoms with Gasteiger partial charge in [0.05, 0.1) is 6.04 Å². The van der Waals surface area contributed by atoms with Gasteiger partial charge in [-0.1, -0.05) is 0 Å². The van der Waals surface area contributed by atoms with Crippen molar-refractivity contribution in [3.8, 4) is 0 Å². The van der Waals surface area contributed by atoms with Crippen molar-refractivity contribution in [2.24, 2.45) is 10.7 Å². The van der Waals surface area contributed by atoms with Gasteiger partial charge in [0.1, 0.15) is 0 Å². The highest BCUT2D eigenvalue weighted by Gasteiger charge is 2.61. The van der Waals surface area contributed by atoms with Gasteiger partial charge in [0.2, 0.25) is 5.72 Å². The number of carbonyl (C=O) groups excluding carboxylic acids is 1. The van der Waals surface area contributed by atoms with E-state index in [0.717, 1.165) is 5.96 Å². The SMILES string of the molecule is C/N=C(\NC)N(C)C.COC1(N)C(=O)N(S(=O)(=O)O)C1C. The number of ether oxygens (including phenoxy) is 1. The third-order valence-electron chi connectivity index (χ3n) is 2.95. The average Bonchev–Trinajstić information content (AvgIpc) is 2.38. The fourth-order valence-electron chi connectivity index (χ4n) is 1.73. The minimum Gasteiger partial charge on any atom is -0.359 e. The molecule has 0 spiro atoms. The predicted octanol–water partition coefficient (Wildman–Crippen LogP) is -1.93. The van der Waals surface area contributed by atoms with Gasteiger partial charge in [-0.25, -0.2) is 4.31 Å². The van der Waals surface area contributed by atoms with Crippen molar-refractivity contribution < 1.29 is 22.5 Å². The smallest absolute Gasteiger partial charge is 0.359 e. The summed E-state index contributed by atoms with van der Waals surface area (Å²) in [5, 5.41) is 2.93. The molecule has 1 heterocycles. The molecule has 2 atom stereocenters. The first-order chi connectivity index (χ1) is 9.47. The Hall–Kier alpha value is -1.43. The van der Waals surface area contributed by atoms with Crippen molar-refractivity contribution in [1.29, 1.82) is 0 Å². The van der Waals surface area contributed by atoms with Gasteiger partial charge in [0.25, 0.3) is 5.91 Å². The van der Waals surface area contributed by atoms with Crippen LogP contribution in [0.1, 0.15) is 6.92 Å². The highest BCUT2D eigenvalue weighted by Crippen LogP contribution is 2.31. The van der Waals surface area contributed by atoms with Crippen LogP contribution in [0.4, 0.5) is 0 Å². The maximum Gasteiger partial charge on any atom is 0.362 e. The molecule has 10 nitrogen and oxygen atoms in total. The first-order valence-electron chi connectivity index (χ1n) is 5.94. The summed E-state index contributed by atoms with van der Waals surface area (Å²) >= 11 is 0. The molecule has 4 N–H and O–H groups in total. The van der Waals surface area contributed by atoms with Crippen LogP contribution >= 0.6 is 0 Å². The van der Waals surface area contributed by atoms with Crippen molar-refractivity contribution in [2.75, 3.05) is 35.3 Å². The Morgan fingerprint density at radius 3 is 2.19 bits per heavy atom. The number of hydrogen-bond acceptors (Lipinski definition) is 6. The van der Waals surface area contributed by atoms with Crippen molar-refractivity contribution in [1.82, 2.24) is 14.5 Å². The zero-order valence-electron chi connectivity index (χ0n) is 13.0.